The lowest BCUT2D eigenvalue weighted by Crippen LogP contribution is -2.13. The van der Waals surface area contributed by atoms with Gasteiger partial charge < -0.3 is 9.47 Å². The summed E-state index contributed by atoms with van der Waals surface area (Å²) in [6.07, 6.45) is 0. The highest BCUT2D eigenvalue weighted by Gasteiger charge is 2.16. The Morgan fingerprint density at radius 1 is 1.13 bits per heavy atom. The Labute approximate surface area is 135 Å². The summed E-state index contributed by atoms with van der Waals surface area (Å²) in [5.74, 6) is -2.70. The molecule has 7 heteroatoms. The van der Waals surface area contributed by atoms with Crippen LogP contribution >= 0.6 is 11.6 Å². The second-order valence-electron chi connectivity index (χ2n) is 4.37. The predicted molar refractivity (Wildman–Crippen MR) is 78.3 cm³/mol. The van der Waals surface area contributed by atoms with E-state index < -0.39 is 17.6 Å². The van der Waals surface area contributed by atoms with Crippen LogP contribution in [-0.2, 0) is 4.74 Å². The Bertz CT molecular complexity index is 757. The van der Waals surface area contributed by atoms with Crippen LogP contribution in [-0.4, -0.2) is 19.2 Å². The molecular weight excluding hydrogens is 328 g/mol. The largest absolute Gasteiger partial charge is 0.490 e. The molecule has 0 heterocycles. The van der Waals surface area contributed by atoms with E-state index in [1.807, 2.05) is 6.07 Å². The van der Waals surface area contributed by atoms with Crippen molar-refractivity contribution in [2.24, 2.45) is 0 Å². The number of benzene rings is 2. The maximum absolute atomic E-state index is 13.1. The van der Waals surface area contributed by atoms with E-state index in [-0.39, 0.29) is 23.8 Å². The van der Waals surface area contributed by atoms with Gasteiger partial charge in [-0.3, -0.25) is 0 Å². The molecule has 4 nitrogen and oxygen atoms in total. The normalized spacial score (nSPS) is 10.0. The van der Waals surface area contributed by atoms with Gasteiger partial charge in [-0.25, -0.2) is 13.6 Å². The minimum atomic E-state index is -1.19. The van der Waals surface area contributed by atoms with Gasteiger partial charge in [0, 0.05) is 0 Å². The van der Waals surface area contributed by atoms with Crippen LogP contribution in [0.5, 0.6) is 5.75 Å². The summed E-state index contributed by atoms with van der Waals surface area (Å²) in [6.45, 7) is -0.0485. The lowest BCUT2D eigenvalue weighted by molar-refractivity contribution is 0.0450. The first kappa shape index (κ1) is 16.7. The Morgan fingerprint density at radius 2 is 1.78 bits per heavy atom. The van der Waals surface area contributed by atoms with Gasteiger partial charge in [0.05, 0.1) is 22.2 Å². The van der Waals surface area contributed by atoms with E-state index in [1.165, 1.54) is 0 Å². The molecule has 0 saturated heterocycles. The van der Waals surface area contributed by atoms with Gasteiger partial charge in [0.1, 0.15) is 19.0 Å². The van der Waals surface area contributed by atoms with Gasteiger partial charge in [0.2, 0.25) is 0 Å². The third-order valence-electron chi connectivity index (χ3n) is 2.80. The molecule has 0 fully saturated rings. The lowest BCUT2D eigenvalue weighted by Gasteiger charge is -2.08. The van der Waals surface area contributed by atoms with Gasteiger partial charge >= 0.3 is 5.97 Å². The molecule has 0 saturated carbocycles. The molecular formula is C16H10ClF2NO3. The summed E-state index contributed by atoms with van der Waals surface area (Å²) >= 11 is 5.67. The van der Waals surface area contributed by atoms with Crippen molar-refractivity contribution in [3.05, 3.63) is 64.2 Å². The van der Waals surface area contributed by atoms with Crippen molar-refractivity contribution in [2.75, 3.05) is 13.2 Å². The van der Waals surface area contributed by atoms with E-state index in [2.05, 4.69) is 0 Å². The maximum atomic E-state index is 13.1. The molecule has 0 atom stereocenters. The Morgan fingerprint density at radius 3 is 2.43 bits per heavy atom. The molecule has 0 spiro atoms. The van der Waals surface area contributed by atoms with E-state index in [9.17, 15) is 13.6 Å². The zero-order valence-electron chi connectivity index (χ0n) is 11.7. The molecule has 0 aliphatic carbocycles. The first-order valence-corrected chi connectivity index (χ1v) is 6.83. The SMILES string of the molecule is N#Cc1ccc(OCCOC(=O)c2cc(F)c(F)cc2Cl)cc1. The van der Waals surface area contributed by atoms with Gasteiger partial charge in [-0.05, 0) is 36.4 Å². The highest BCUT2D eigenvalue weighted by molar-refractivity contribution is 6.33. The molecule has 0 bridgehead atoms. The van der Waals surface area contributed by atoms with Crippen LogP contribution in [0.1, 0.15) is 15.9 Å². The number of hydrogen-bond donors (Lipinski definition) is 0. The van der Waals surface area contributed by atoms with Crippen LogP contribution in [0.15, 0.2) is 36.4 Å². The third kappa shape index (κ3) is 4.41. The fourth-order valence-corrected chi connectivity index (χ4v) is 1.90. The van der Waals surface area contributed by atoms with Crippen LogP contribution < -0.4 is 4.74 Å². The van der Waals surface area contributed by atoms with Crippen molar-refractivity contribution < 1.29 is 23.0 Å². The van der Waals surface area contributed by atoms with Crippen molar-refractivity contribution >= 4 is 17.6 Å². The maximum Gasteiger partial charge on any atom is 0.339 e. The van der Waals surface area contributed by atoms with Crippen molar-refractivity contribution in [2.45, 2.75) is 0 Å². The molecule has 2 aromatic carbocycles. The zero-order chi connectivity index (χ0) is 16.8. The number of hydrogen-bond acceptors (Lipinski definition) is 4. The zero-order valence-corrected chi connectivity index (χ0v) is 12.4. The Hall–Kier alpha value is -2.65. The van der Waals surface area contributed by atoms with Crippen LogP contribution in [0.4, 0.5) is 8.78 Å². The highest BCUT2D eigenvalue weighted by Crippen LogP contribution is 2.20. The van der Waals surface area contributed by atoms with Crippen LogP contribution in [0.2, 0.25) is 5.02 Å². The number of esters is 1. The minimum Gasteiger partial charge on any atom is -0.490 e. The van der Waals surface area contributed by atoms with Gasteiger partial charge in [-0.2, -0.15) is 5.26 Å². The molecule has 0 N–H and O–H groups in total. The summed E-state index contributed by atoms with van der Waals surface area (Å²) in [7, 11) is 0. The average molecular weight is 338 g/mol. The second kappa shape index (κ2) is 7.56. The first-order valence-electron chi connectivity index (χ1n) is 6.46. The summed E-state index contributed by atoms with van der Waals surface area (Å²) in [5.41, 5.74) is 0.237. The summed E-state index contributed by atoms with van der Waals surface area (Å²) in [5, 5.41) is 8.43. The molecule has 2 rings (SSSR count). The van der Waals surface area contributed by atoms with E-state index in [4.69, 9.17) is 26.3 Å². The third-order valence-corrected chi connectivity index (χ3v) is 3.11. The lowest BCUT2D eigenvalue weighted by atomic mass is 10.2. The molecule has 23 heavy (non-hydrogen) atoms. The average Bonchev–Trinajstić information content (AvgIpc) is 2.55. The van der Waals surface area contributed by atoms with Crippen LogP contribution in [0, 0.1) is 23.0 Å². The first-order chi connectivity index (χ1) is 11.0. The second-order valence-corrected chi connectivity index (χ2v) is 4.77. The summed E-state index contributed by atoms with van der Waals surface area (Å²) < 4.78 is 36.2. The Balaban J connectivity index is 1.85. The van der Waals surface area contributed by atoms with E-state index in [0.717, 1.165) is 0 Å². The van der Waals surface area contributed by atoms with Crippen LogP contribution in [0.3, 0.4) is 0 Å². The number of halogens is 3. The fourth-order valence-electron chi connectivity index (χ4n) is 1.68. The predicted octanol–water partition coefficient (Wildman–Crippen LogP) is 3.73. The minimum absolute atomic E-state index is 0.0545. The number of rotatable bonds is 5. The highest BCUT2D eigenvalue weighted by atomic mass is 35.5. The monoisotopic (exact) mass is 337 g/mol. The molecule has 0 aliphatic rings. The van der Waals surface area contributed by atoms with Crippen molar-refractivity contribution in [1.82, 2.24) is 0 Å². The molecule has 0 aliphatic heterocycles. The molecule has 0 aromatic heterocycles. The molecule has 0 unspecified atom stereocenters. The van der Waals surface area contributed by atoms with E-state index >= 15 is 0 Å². The number of ether oxygens (including phenoxy) is 2. The van der Waals surface area contributed by atoms with Gasteiger partial charge in [-0.1, -0.05) is 11.6 Å². The number of nitriles is 1. The molecule has 2 aromatic rings. The molecule has 118 valence electrons. The number of carbonyl (C=O) groups is 1. The quantitative estimate of drug-likeness (QED) is 0.474. The van der Waals surface area contributed by atoms with E-state index in [1.54, 1.807) is 24.3 Å². The van der Waals surface area contributed by atoms with Crippen molar-refractivity contribution in [3.63, 3.8) is 0 Å². The van der Waals surface area contributed by atoms with Crippen molar-refractivity contribution in [3.8, 4) is 11.8 Å². The standard InChI is InChI=1S/C16H10ClF2NO3/c17-13-8-15(19)14(18)7-12(13)16(21)23-6-5-22-11-3-1-10(9-20)2-4-11/h1-4,7-8H,5-6H2. The van der Waals surface area contributed by atoms with Crippen LogP contribution in [0.25, 0.3) is 0 Å². The molecule has 0 amide bonds. The van der Waals surface area contributed by atoms with Crippen molar-refractivity contribution in [1.29, 1.82) is 5.26 Å². The number of carbonyl (C=O) groups excluding carboxylic acids is 1. The van der Waals surface area contributed by atoms with Gasteiger partial charge in [0.15, 0.2) is 11.6 Å². The summed E-state index contributed by atoms with van der Waals surface area (Å²) in [6, 6.07) is 9.74. The smallest absolute Gasteiger partial charge is 0.339 e. The van der Waals surface area contributed by atoms with Gasteiger partial charge in [-0.15, -0.1) is 0 Å². The van der Waals surface area contributed by atoms with E-state index in [0.29, 0.717) is 23.4 Å². The topological polar surface area (TPSA) is 59.3 Å². The number of nitrogens with zero attached hydrogens (tertiary/aromatic N) is 1. The molecule has 0 radical (unpaired) electrons. The fraction of sp³-hybridized carbons (Fsp3) is 0.125. The summed E-state index contributed by atoms with van der Waals surface area (Å²) in [4.78, 5) is 11.7. The van der Waals surface area contributed by atoms with Gasteiger partial charge in [0.25, 0.3) is 0 Å². The Kier molecular flexibility index (Phi) is 5.50.